The van der Waals surface area contributed by atoms with Crippen LogP contribution in [0.4, 0.5) is 5.13 Å². The lowest BCUT2D eigenvalue weighted by molar-refractivity contribution is 0.214. The first-order chi connectivity index (χ1) is 9.90. The Labute approximate surface area is 132 Å². The van der Waals surface area contributed by atoms with Crippen molar-refractivity contribution in [2.45, 2.75) is 45.6 Å². The molecule has 3 rings (SSSR count). The molecule has 1 aliphatic heterocycles. The van der Waals surface area contributed by atoms with Gasteiger partial charge in [0.05, 0.1) is 5.69 Å². The van der Waals surface area contributed by atoms with E-state index in [4.69, 9.17) is 10.7 Å². The molecule has 4 nitrogen and oxygen atoms in total. The highest BCUT2D eigenvalue weighted by Gasteiger charge is 2.26. The molecule has 2 heterocycles. The van der Waals surface area contributed by atoms with Crippen LogP contribution in [0, 0.1) is 5.92 Å². The van der Waals surface area contributed by atoms with Crippen molar-refractivity contribution in [1.29, 1.82) is 0 Å². The number of piperazine rings is 1. The van der Waals surface area contributed by atoms with Crippen LogP contribution >= 0.6 is 11.3 Å². The van der Waals surface area contributed by atoms with Crippen LogP contribution in [0.1, 0.15) is 37.8 Å². The third-order valence-corrected chi connectivity index (χ3v) is 5.63. The van der Waals surface area contributed by atoms with Crippen molar-refractivity contribution >= 4 is 16.5 Å². The van der Waals surface area contributed by atoms with E-state index in [9.17, 15) is 0 Å². The minimum Gasteiger partial charge on any atom is -0.346 e. The number of aromatic nitrogens is 1. The Morgan fingerprint density at radius 3 is 2.67 bits per heavy atom. The summed E-state index contributed by atoms with van der Waals surface area (Å²) in [5.74, 6) is 0.828. The largest absolute Gasteiger partial charge is 0.346 e. The molecule has 0 radical (unpaired) electrons. The van der Waals surface area contributed by atoms with Crippen molar-refractivity contribution < 1.29 is 0 Å². The molecule has 0 amide bonds. The molecule has 0 aromatic carbocycles. The van der Waals surface area contributed by atoms with Gasteiger partial charge in [-0.25, -0.2) is 4.98 Å². The highest BCUT2D eigenvalue weighted by atomic mass is 32.1. The van der Waals surface area contributed by atoms with Crippen molar-refractivity contribution in [2.75, 3.05) is 37.6 Å². The third kappa shape index (κ3) is 3.76. The number of anilines is 1. The SMILES string of the molecule is CC1CCc2nc(N3CCN(CC(C)(C)N)CC3)sc2C1. The van der Waals surface area contributed by atoms with Crippen molar-refractivity contribution in [1.82, 2.24) is 9.88 Å². The quantitative estimate of drug-likeness (QED) is 0.929. The molecule has 1 aromatic rings. The van der Waals surface area contributed by atoms with Crippen LogP contribution in [-0.2, 0) is 12.8 Å². The Hall–Kier alpha value is -0.650. The van der Waals surface area contributed by atoms with Crippen LogP contribution in [0.2, 0.25) is 0 Å². The summed E-state index contributed by atoms with van der Waals surface area (Å²) in [5, 5.41) is 1.25. The summed E-state index contributed by atoms with van der Waals surface area (Å²) in [4.78, 5) is 11.4. The topological polar surface area (TPSA) is 45.4 Å². The molecule has 0 bridgehead atoms. The number of nitrogens with two attached hydrogens (primary N) is 1. The van der Waals surface area contributed by atoms with Crippen molar-refractivity contribution in [3.63, 3.8) is 0 Å². The summed E-state index contributed by atoms with van der Waals surface area (Å²) in [6.45, 7) is 11.9. The second kappa shape index (κ2) is 5.86. The minimum absolute atomic E-state index is 0.0986. The average Bonchev–Trinajstić information content (AvgIpc) is 2.80. The van der Waals surface area contributed by atoms with E-state index in [-0.39, 0.29) is 5.54 Å². The van der Waals surface area contributed by atoms with Gasteiger partial charge in [0.25, 0.3) is 0 Å². The Bertz CT molecular complexity index is 483. The highest BCUT2D eigenvalue weighted by Crippen LogP contribution is 2.34. The number of nitrogens with zero attached hydrogens (tertiary/aromatic N) is 3. The van der Waals surface area contributed by atoms with Crippen LogP contribution < -0.4 is 10.6 Å². The maximum atomic E-state index is 6.13. The van der Waals surface area contributed by atoms with Crippen molar-refractivity contribution in [2.24, 2.45) is 11.7 Å². The normalized spacial score (nSPS) is 24.2. The van der Waals surface area contributed by atoms with Crippen molar-refractivity contribution in [3.8, 4) is 0 Å². The Balaban J connectivity index is 1.60. The van der Waals surface area contributed by atoms with Crippen LogP contribution in [0.5, 0.6) is 0 Å². The maximum Gasteiger partial charge on any atom is 0.185 e. The molecule has 0 spiro atoms. The lowest BCUT2D eigenvalue weighted by Crippen LogP contribution is -2.53. The van der Waals surface area contributed by atoms with Gasteiger partial charge in [0, 0.05) is 43.1 Å². The third-order valence-electron chi connectivity index (χ3n) is 4.45. The molecule has 1 aromatic heterocycles. The summed E-state index contributed by atoms with van der Waals surface area (Å²) in [7, 11) is 0. The predicted octanol–water partition coefficient (Wildman–Crippen LogP) is 2.13. The number of thiazole rings is 1. The standard InChI is InChI=1S/C16H28N4S/c1-12-4-5-13-14(10-12)21-15(18-13)20-8-6-19(7-9-20)11-16(2,3)17/h12H,4-11,17H2,1-3H3. The van der Waals surface area contributed by atoms with Crippen LogP contribution in [0.25, 0.3) is 0 Å². The number of aryl methyl sites for hydroxylation is 1. The molecule has 5 heteroatoms. The van der Waals surface area contributed by atoms with Gasteiger partial charge in [-0.2, -0.15) is 0 Å². The van der Waals surface area contributed by atoms with E-state index in [2.05, 4.69) is 30.6 Å². The number of hydrogen-bond acceptors (Lipinski definition) is 5. The first kappa shape index (κ1) is 15.3. The van der Waals surface area contributed by atoms with E-state index in [0.717, 1.165) is 38.6 Å². The average molecular weight is 308 g/mol. The Morgan fingerprint density at radius 2 is 2.00 bits per heavy atom. The van der Waals surface area contributed by atoms with Gasteiger partial charge in [0.15, 0.2) is 5.13 Å². The van der Waals surface area contributed by atoms with E-state index in [0.29, 0.717) is 0 Å². The molecule has 2 aliphatic rings. The van der Waals surface area contributed by atoms with Gasteiger partial charge < -0.3 is 10.6 Å². The molecule has 2 N–H and O–H groups in total. The zero-order valence-electron chi connectivity index (χ0n) is 13.6. The first-order valence-electron chi connectivity index (χ1n) is 8.15. The molecule has 1 fully saturated rings. The van der Waals surface area contributed by atoms with Gasteiger partial charge in [0.1, 0.15) is 0 Å². The molecule has 1 unspecified atom stereocenters. The van der Waals surface area contributed by atoms with E-state index < -0.39 is 0 Å². The number of hydrogen-bond donors (Lipinski definition) is 1. The molecule has 1 saturated heterocycles. The van der Waals surface area contributed by atoms with Crippen LogP contribution in [-0.4, -0.2) is 48.1 Å². The zero-order chi connectivity index (χ0) is 15.0. The lowest BCUT2D eigenvalue weighted by Gasteiger charge is -2.37. The van der Waals surface area contributed by atoms with Gasteiger partial charge >= 0.3 is 0 Å². The van der Waals surface area contributed by atoms with Gasteiger partial charge in [0.2, 0.25) is 0 Å². The summed E-state index contributed by atoms with van der Waals surface area (Å²) in [6.07, 6.45) is 3.71. The van der Waals surface area contributed by atoms with Gasteiger partial charge in [-0.05, 0) is 39.0 Å². The van der Waals surface area contributed by atoms with E-state index >= 15 is 0 Å². The zero-order valence-corrected chi connectivity index (χ0v) is 14.4. The van der Waals surface area contributed by atoms with E-state index in [1.807, 2.05) is 11.3 Å². The molecule has 118 valence electrons. The summed E-state index contributed by atoms with van der Waals surface area (Å²) in [6, 6.07) is 0. The number of fused-ring (bicyclic) bond motifs is 1. The van der Waals surface area contributed by atoms with E-state index in [1.165, 1.54) is 35.0 Å². The molecule has 1 aliphatic carbocycles. The highest BCUT2D eigenvalue weighted by molar-refractivity contribution is 7.15. The summed E-state index contributed by atoms with van der Waals surface area (Å²) in [5.41, 5.74) is 7.40. The molecular weight excluding hydrogens is 280 g/mol. The summed E-state index contributed by atoms with van der Waals surface area (Å²) < 4.78 is 0. The fraction of sp³-hybridized carbons (Fsp3) is 0.812. The lowest BCUT2D eigenvalue weighted by atomic mass is 9.93. The second-order valence-electron chi connectivity index (χ2n) is 7.47. The van der Waals surface area contributed by atoms with Crippen LogP contribution in [0.15, 0.2) is 0 Å². The monoisotopic (exact) mass is 308 g/mol. The maximum absolute atomic E-state index is 6.13. The van der Waals surface area contributed by atoms with Gasteiger partial charge in [-0.1, -0.05) is 6.92 Å². The molecule has 0 saturated carbocycles. The van der Waals surface area contributed by atoms with Crippen LogP contribution in [0.3, 0.4) is 0 Å². The molecule has 1 atom stereocenters. The van der Waals surface area contributed by atoms with Gasteiger partial charge in [-0.15, -0.1) is 11.3 Å². The molecule has 21 heavy (non-hydrogen) atoms. The minimum atomic E-state index is -0.0986. The summed E-state index contributed by atoms with van der Waals surface area (Å²) >= 11 is 1.93. The number of rotatable bonds is 3. The van der Waals surface area contributed by atoms with E-state index in [1.54, 1.807) is 0 Å². The Kier molecular flexibility index (Phi) is 4.26. The first-order valence-corrected chi connectivity index (χ1v) is 8.97. The fourth-order valence-electron chi connectivity index (χ4n) is 3.34. The smallest absolute Gasteiger partial charge is 0.185 e. The fourth-order valence-corrected chi connectivity index (χ4v) is 4.66. The Morgan fingerprint density at radius 1 is 1.29 bits per heavy atom. The van der Waals surface area contributed by atoms with Gasteiger partial charge in [-0.3, -0.25) is 4.90 Å². The predicted molar refractivity (Wildman–Crippen MR) is 90.2 cm³/mol. The van der Waals surface area contributed by atoms with Crippen molar-refractivity contribution in [3.05, 3.63) is 10.6 Å². The second-order valence-corrected chi connectivity index (χ2v) is 8.53. The molecular formula is C16H28N4S.